The molecule has 0 aliphatic carbocycles. The highest BCUT2D eigenvalue weighted by Crippen LogP contribution is 2.57. The number of hydrogen-bond acceptors (Lipinski definition) is 0. The van der Waals surface area contributed by atoms with Gasteiger partial charge in [0.15, 0.2) is 0 Å². The molecule has 0 nitrogen and oxygen atoms in total. The molecule has 4 aromatic rings. The maximum absolute atomic E-state index is 2.37. The molecule has 0 amide bonds. The molecule has 0 radical (unpaired) electrons. The van der Waals surface area contributed by atoms with Crippen molar-refractivity contribution in [2.24, 2.45) is 5.92 Å². The second kappa shape index (κ2) is 10.6. The predicted octanol–water partition coefficient (Wildman–Crippen LogP) is 6.64. The van der Waals surface area contributed by atoms with Crippen molar-refractivity contribution in [3.8, 4) is 0 Å². The van der Waals surface area contributed by atoms with E-state index >= 15 is 0 Å². The van der Waals surface area contributed by atoms with Crippen molar-refractivity contribution < 1.29 is 0 Å². The van der Waals surface area contributed by atoms with Gasteiger partial charge in [-0.05, 0) is 67.1 Å². The van der Waals surface area contributed by atoms with Crippen LogP contribution in [-0.2, 0) is 6.42 Å². The molecular weight excluding hydrogens is 391 g/mol. The zero-order valence-corrected chi connectivity index (χ0v) is 19.3. The van der Waals surface area contributed by atoms with Crippen LogP contribution in [0, 0.1) is 5.92 Å². The highest BCUT2D eigenvalue weighted by Gasteiger charge is 2.46. The summed E-state index contributed by atoms with van der Waals surface area (Å²) in [6, 6.07) is 44.8. The van der Waals surface area contributed by atoms with Gasteiger partial charge in [-0.25, -0.2) is 0 Å². The Morgan fingerprint density at radius 3 is 1.32 bits per heavy atom. The van der Waals surface area contributed by atoms with Gasteiger partial charge in [0.25, 0.3) is 0 Å². The van der Waals surface area contributed by atoms with Crippen molar-refractivity contribution in [3.05, 3.63) is 127 Å². The summed E-state index contributed by atoms with van der Waals surface area (Å²) in [6.45, 7) is 2.37. The van der Waals surface area contributed by atoms with Crippen LogP contribution in [0.3, 0.4) is 0 Å². The summed E-state index contributed by atoms with van der Waals surface area (Å²) in [6.07, 6.45) is 4.81. The van der Waals surface area contributed by atoms with Crippen LogP contribution in [0.1, 0.15) is 25.3 Å². The fourth-order valence-electron chi connectivity index (χ4n) is 4.64. The Balaban J connectivity index is 1.77. The smallest absolute Gasteiger partial charge is 0.0650 e. The first-order valence-electron chi connectivity index (χ1n) is 11.4. The van der Waals surface area contributed by atoms with Gasteiger partial charge < -0.3 is 0 Å². The molecule has 0 bridgehead atoms. The summed E-state index contributed by atoms with van der Waals surface area (Å²) >= 11 is 0. The van der Waals surface area contributed by atoms with Crippen molar-refractivity contribution in [3.63, 3.8) is 0 Å². The van der Waals surface area contributed by atoms with Crippen LogP contribution in [0.25, 0.3) is 0 Å². The van der Waals surface area contributed by atoms with E-state index in [1.54, 1.807) is 0 Å². The van der Waals surface area contributed by atoms with Gasteiger partial charge in [0.05, 0.1) is 6.16 Å². The van der Waals surface area contributed by atoms with E-state index in [1.807, 2.05) is 0 Å². The average molecular weight is 424 g/mol. The zero-order valence-electron chi connectivity index (χ0n) is 18.4. The standard InChI is InChI=1S/C30H32P/c1-2-26(23-24-27-15-7-3-8-16-27)25-31(28-17-9-4-10-18-28,29-19-11-5-12-20-29)30-21-13-6-14-22-30/h3-22,26H,2,23-25H2,1H3/q+1/t26-/m0/s1. The lowest BCUT2D eigenvalue weighted by Crippen LogP contribution is -2.35. The van der Waals surface area contributed by atoms with E-state index in [1.165, 1.54) is 40.5 Å². The van der Waals surface area contributed by atoms with Crippen molar-refractivity contribution in [2.45, 2.75) is 26.2 Å². The molecule has 31 heavy (non-hydrogen) atoms. The summed E-state index contributed by atoms with van der Waals surface area (Å²) in [5.74, 6) is 0.675. The second-order valence-corrected chi connectivity index (χ2v) is 11.8. The molecule has 0 aliphatic rings. The Hall–Kier alpha value is -2.69. The van der Waals surface area contributed by atoms with Gasteiger partial charge >= 0.3 is 0 Å². The van der Waals surface area contributed by atoms with Crippen LogP contribution in [-0.4, -0.2) is 6.16 Å². The van der Waals surface area contributed by atoms with Gasteiger partial charge in [0.2, 0.25) is 0 Å². The predicted molar refractivity (Wildman–Crippen MR) is 139 cm³/mol. The largest absolute Gasteiger partial charge is 0.112 e. The molecule has 4 rings (SSSR count). The molecule has 0 aliphatic heterocycles. The molecule has 4 aromatic carbocycles. The zero-order chi connectivity index (χ0) is 21.4. The molecule has 156 valence electrons. The normalized spacial score (nSPS) is 12.4. The lowest BCUT2D eigenvalue weighted by molar-refractivity contribution is 0.522. The van der Waals surface area contributed by atoms with Gasteiger partial charge in [0.1, 0.15) is 23.2 Å². The van der Waals surface area contributed by atoms with Crippen LogP contribution in [0.5, 0.6) is 0 Å². The van der Waals surface area contributed by atoms with Crippen LogP contribution in [0.15, 0.2) is 121 Å². The lowest BCUT2D eigenvalue weighted by atomic mass is 9.99. The van der Waals surface area contributed by atoms with Crippen molar-refractivity contribution in [2.75, 3.05) is 6.16 Å². The Morgan fingerprint density at radius 2 is 0.935 bits per heavy atom. The fraction of sp³-hybridized carbons (Fsp3) is 0.200. The van der Waals surface area contributed by atoms with E-state index in [9.17, 15) is 0 Å². The van der Waals surface area contributed by atoms with E-state index in [4.69, 9.17) is 0 Å². The quantitative estimate of drug-likeness (QED) is 0.265. The summed E-state index contributed by atoms with van der Waals surface area (Å²) in [5.41, 5.74) is 1.45. The average Bonchev–Trinajstić information content (AvgIpc) is 2.87. The molecule has 0 unspecified atom stereocenters. The molecular formula is C30H32P+. The number of benzene rings is 4. The summed E-state index contributed by atoms with van der Waals surface area (Å²) < 4.78 is 0. The monoisotopic (exact) mass is 423 g/mol. The second-order valence-electron chi connectivity index (χ2n) is 8.30. The first-order valence-corrected chi connectivity index (χ1v) is 13.4. The van der Waals surface area contributed by atoms with Crippen LogP contribution < -0.4 is 15.9 Å². The maximum Gasteiger partial charge on any atom is 0.112 e. The molecule has 0 heterocycles. The molecule has 1 heteroatoms. The molecule has 0 saturated carbocycles. The minimum atomic E-state index is -1.75. The van der Waals surface area contributed by atoms with Crippen LogP contribution in [0.4, 0.5) is 0 Å². The molecule has 0 saturated heterocycles. The molecule has 0 N–H and O–H groups in total. The number of aryl methyl sites for hydroxylation is 1. The maximum atomic E-state index is 2.37. The van der Waals surface area contributed by atoms with Crippen LogP contribution in [0.2, 0.25) is 0 Å². The van der Waals surface area contributed by atoms with E-state index < -0.39 is 7.26 Å². The Kier molecular flexibility index (Phi) is 7.34. The summed E-state index contributed by atoms with van der Waals surface area (Å²) in [7, 11) is -1.75. The molecule has 1 atom stereocenters. The van der Waals surface area contributed by atoms with E-state index in [2.05, 4.69) is 128 Å². The SMILES string of the molecule is CC[C@@H](CCc1ccccc1)C[P+](c1ccccc1)(c1ccccc1)c1ccccc1. The Morgan fingerprint density at radius 1 is 0.548 bits per heavy atom. The van der Waals surface area contributed by atoms with E-state index in [0.717, 1.165) is 6.42 Å². The lowest BCUT2D eigenvalue weighted by Gasteiger charge is -2.31. The van der Waals surface area contributed by atoms with Crippen molar-refractivity contribution >= 4 is 23.2 Å². The van der Waals surface area contributed by atoms with Gasteiger partial charge in [-0.2, -0.15) is 0 Å². The third-order valence-electron chi connectivity index (χ3n) is 6.38. The highest BCUT2D eigenvalue weighted by molar-refractivity contribution is 7.95. The summed E-state index contributed by atoms with van der Waals surface area (Å²) in [4.78, 5) is 0. The fourth-order valence-corrected chi connectivity index (χ4v) is 9.42. The minimum absolute atomic E-state index is 0.675. The van der Waals surface area contributed by atoms with Gasteiger partial charge in [-0.15, -0.1) is 0 Å². The van der Waals surface area contributed by atoms with Gasteiger partial charge in [-0.3, -0.25) is 0 Å². The Bertz CT molecular complexity index is 930. The molecule has 0 fully saturated rings. The Labute approximate surface area is 188 Å². The van der Waals surface area contributed by atoms with E-state index in [-0.39, 0.29) is 0 Å². The third kappa shape index (κ3) is 4.97. The van der Waals surface area contributed by atoms with Crippen molar-refractivity contribution in [1.29, 1.82) is 0 Å². The number of rotatable bonds is 9. The van der Waals surface area contributed by atoms with E-state index in [0.29, 0.717) is 5.92 Å². The molecule has 0 spiro atoms. The van der Waals surface area contributed by atoms with Gasteiger partial charge in [0, 0.05) is 0 Å². The first-order chi connectivity index (χ1) is 15.3. The summed E-state index contributed by atoms with van der Waals surface area (Å²) in [5, 5.41) is 4.47. The topological polar surface area (TPSA) is 0 Å². The highest BCUT2D eigenvalue weighted by atomic mass is 31.2. The van der Waals surface area contributed by atoms with Crippen molar-refractivity contribution in [1.82, 2.24) is 0 Å². The number of hydrogen-bond donors (Lipinski definition) is 0. The minimum Gasteiger partial charge on any atom is -0.0650 e. The molecule has 0 aromatic heterocycles. The first kappa shape index (κ1) is 21.5. The van der Waals surface area contributed by atoms with Crippen LogP contribution >= 0.6 is 7.26 Å². The third-order valence-corrected chi connectivity index (χ3v) is 11.0. The van der Waals surface area contributed by atoms with Gasteiger partial charge in [-0.1, -0.05) is 91.9 Å².